The van der Waals surface area contributed by atoms with Crippen LogP contribution in [0, 0.1) is 0 Å². The molecule has 2 aliphatic rings. The van der Waals surface area contributed by atoms with E-state index in [4.69, 9.17) is 5.10 Å². The predicted molar refractivity (Wildman–Crippen MR) is 82.2 cm³/mol. The number of carbonyl (C=O) groups is 1. The van der Waals surface area contributed by atoms with Gasteiger partial charge >= 0.3 is 0 Å². The summed E-state index contributed by atoms with van der Waals surface area (Å²) in [7, 11) is 0. The van der Waals surface area contributed by atoms with Gasteiger partial charge < -0.3 is 0 Å². The topological polar surface area (TPSA) is 60.7 Å². The minimum absolute atomic E-state index is 0.254. The molecule has 0 saturated heterocycles. The molecule has 114 valence electrons. The van der Waals surface area contributed by atoms with Crippen LogP contribution in [0.15, 0.2) is 18.5 Å². The first-order valence-corrected chi connectivity index (χ1v) is 8.27. The Labute approximate surface area is 129 Å². The highest BCUT2D eigenvalue weighted by Gasteiger charge is 2.32. The molecular formula is C17H20N4O. The van der Waals surface area contributed by atoms with Crippen molar-refractivity contribution in [3.8, 4) is 5.95 Å². The highest BCUT2D eigenvalue weighted by atomic mass is 16.1. The molecular weight excluding hydrogens is 276 g/mol. The molecule has 1 fully saturated rings. The van der Waals surface area contributed by atoms with Gasteiger partial charge in [-0.1, -0.05) is 19.3 Å². The van der Waals surface area contributed by atoms with Crippen molar-refractivity contribution in [2.75, 3.05) is 0 Å². The Hall–Kier alpha value is -2.04. The third-order valence-electron chi connectivity index (χ3n) is 4.84. The SMILES string of the molecule is O=C1CCCc2c1c(C1CCCCC1)nn2-c1ncccn1. The molecule has 2 heterocycles. The fourth-order valence-electron chi connectivity index (χ4n) is 3.78. The van der Waals surface area contributed by atoms with Gasteiger partial charge in [-0.05, 0) is 31.7 Å². The Balaban J connectivity index is 1.84. The monoisotopic (exact) mass is 296 g/mol. The van der Waals surface area contributed by atoms with E-state index >= 15 is 0 Å². The molecule has 0 N–H and O–H groups in total. The van der Waals surface area contributed by atoms with E-state index in [0.717, 1.165) is 42.6 Å². The zero-order chi connectivity index (χ0) is 14.9. The molecule has 0 bridgehead atoms. The molecule has 0 amide bonds. The van der Waals surface area contributed by atoms with Crippen LogP contribution in [0.5, 0.6) is 0 Å². The second-order valence-electron chi connectivity index (χ2n) is 6.28. The largest absolute Gasteiger partial charge is 0.294 e. The molecule has 4 rings (SSSR count). The summed E-state index contributed by atoms with van der Waals surface area (Å²) in [6.45, 7) is 0. The van der Waals surface area contributed by atoms with Crippen molar-refractivity contribution >= 4 is 5.78 Å². The van der Waals surface area contributed by atoms with Crippen molar-refractivity contribution in [1.29, 1.82) is 0 Å². The van der Waals surface area contributed by atoms with E-state index in [1.165, 1.54) is 19.3 Å². The van der Waals surface area contributed by atoms with Crippen LogP contribution in [0.25, 0.3) is 5.95 Å². The van der Waals surface area contributed by atoms with Gasteiger partial charge in [0.1, 0.15) is 0 Å². The van der Waals surface area contributed by atoms with Crippen LogP contribution in [0.1, 0.15) is 72.6 Å². The maximum absolute atomic E-state index is 12.5. The normalized spacial score (nSPS) is 19.2. The molecule has 0 unspecified atom stereocenters. The molecule has 0 aromatic carbocycles. The summed E-state index contributed by atoms with van der Waals surface area (Å²) in [5.41, 5.74) is 2.90. The van der Waals surface area contributed by atoms with Crippen LogP contribution in [0.4, 0.5) is 0 Å². The fourth-order valence-corrected chi connectivity index (χ4v) is 3.78. The maximum Gasteiger partial charge on any atom is 0.250 e. The standard InChI is InChI=1S/C17H20N4O/c22-14-9-4-8-13-15(14)16(12-6-2-1-3-7-12)20-21(13)17-18-10-5-11-19-17/h5,10-12H,1-4,6-9H2. The van der Waals surface area contributed by atoms with Gasteiger partial charge in [0.05, 0.1) is 17.0 Å². The first-order valence-electron chi connectivity index (χ1n) is 8.27. The average Bonchev–Trinajstić information content (AvgIpc) is 2.98. The Morgan fingerprint density at radius 3 is 2.55 bits per heavy atom. The number of carbonyl (C=O) groups excluding carboxylic acids is 1. The average molecular weight is 296 g/mol. The third kappa shape index (κ3) is 2.25. The summed E-state index contributed by atoms with van der Waals surface area (Å²) >= 11 is 0. The zero-order valence-electron chi connectivity index (χ0n) is 12.7. The van der Waals surface area contributed by atoms with Gasteiger partial charge in [0.25, 0.3) is 5.95 Å². The minimum atomic E-state index is 0.254. The number of nitrogens with zero attached hydrogens (tertiary/aromatic N) is 4. The van der Waals surface area contributed by atoms with Crippen LogP contribution in [0.2, 0.25) is 0 Å². The summed E-state index contributed by atoms with van der Waals surface area (Å²) in [5, 5.41) is 4.81. The van der Waals surface area contributed by atoms with Crippen LogP contribution in [0.3, 0.4) is 0 Å². The molecule has 0 atom stereocenters. The van der Waals surface area contributed by atoms with Crippen molar-refractivity contribution in [3.05, 3.63) is 35.4 Å². The lowest BCUT2D eigenvalue weighted by atomic mass is 9.82. The molecule has 2 aromatic rings. The number of Topliss-reactive ketones (excluding diaryl/α,β-unsaturated/α-hetero) is 1. The molecule has 1 saturated carbocycles. The number of aromatic nitrogens is 4. The Morgan fingerprint density at radius 1 is 1.00 bits per heavy atom. The summed E-state index contributed by atoms with van der Waals surface area (Å²) in [6, 6.07) is 1.80. The van der Waals surface area contributed by atoms with Crippen molar-refractivity contribution in [3.63, 3.8) is 0 Å². The second-order valence-corrected chi connectivity index (χ2v) is 6.28. The minimum Gasteiger partial charge on any atom is -0.294 e. The molecule has 5 nitrogen and oxygen atoms in total. The van der Waals surface area contributed by atoms with Gasteiger partial charge in [0, 0.05) is 24.7 Å². The fraction of sp³-hybridized carbons (Fsp3) is 0.529. The number of ketones is 1. The third-order valence-corrected chi connectivity index (χ3v) is 4.84. The van der Waals surface area contributed by atoms with Crippen molar-refractivity contribution in [1.82, 2.24) is 19.7 Å². The van der Waals surface area contributed by atoms with E-state index < -0.39 is 0 Å². The van der Waals surface area contributed by atoms with E-state index in [1.807, 2.05) is 4.68 Å². The highest BCUT2D eigenvalue weighted by molar-refractivity contribution is 5.99. The number of hydrogen-bond donors (Lipinski definition) is 0. The van der Waals surface area contributed by atoms with Gasteiger partial charge in [0.15, 0.2) is 5.78 Å². The summed E-state index contributed by atoms with van der Waals surface area (Å²) in [6.07, 6.45) is 11.9. The van der Waals surface area contributed by atoms with E-state index in [2.05, 4.69) is 9.97 Å². The molecule has 2 aliphatic carbocycles. The van der Waals surface area contributed by atoms with Gasteiger partial charge in [-0.3, -0.25) is 4.79 Å². The lowest BCUT2D eigenvalue weighted by Gasteiger charge is -2.21. The van der Waals surface area contributed by atoms with E-state index in [-0.39, 0.29) is 5.78 Å². The lowest BCUT2D eigenvalue weighted by Crippen LogP contribution is -2.15. The summed E-state index contributed by atoms with van der Waals surface area (Å²) < 4.78 is 1.82. The summed E-state index contributed by atoms with van der Waals surface area (Å²) in [4.78, 5) is 21.1. The maximum atomic E-state index is 12.5. The van der Waals surface area contributed by atoms with Gasteiger partial charge in [-0.25, -0.2) is 14.6 Å². The van der Waals surface area contributed by atoms with Crippen molar-refractivity contribution in [2.24, 2.45) is 0 Å². The van der Waals surface area contributed by atoms with Crippen molar-refractivity contribution in [2.45, 2.75) is 57.3 Å². The smallest absolute Gasteiger partial charge is 0.250 e. The van der Waals surface area contributed by atoms with E-state index in [0.29, 0.717) is 18.3 Å². The molecule has 0 spiro atoms. The van der Waals surface area contributed by atoms with Gasteiger partial charge in [-0.15, -0.1) is 0 Å². The molecule has 0 aliphatic heterocycles. The lowest BCUT2D eigenvalue weighted by molar-refractivity contribution is 0.0970. The van der Waals surface area contributed by atoms with Gasteiger partial charge in [0.2, 0.25) is 0 Å². The quantitative estimate of drug-likeness (QED) is 0.853. The zero-order valence-corrected chi connectivity index (χ0v) is 12.7. The second kappa shape index (κ2) is 5.63. The first kappa shape index (κ1) is 13.6. The van der Waals surface area contributed by atoms with Crippen molar-refractivity contribution < 1.29 is 4.79 Å². The Bertz CT molecular complexity index is 686. The first-order chi connectivity index (χ1) is 10.8. The van der Waals surface area contributed by atoms with Crippen LogP contribution >= 0.6 is 0 Å². The number of hydrogen-bond acceptors (Lipinski definition) is 4. The van der Waals surface area contributed by atoms with Crippen LogP contribution < -0.4 is 0 Å². The molecule has 22 heavy (non-hydrogen) atoms. The summed E-state index contributed by atoms with van der Waals surface area (Å²) in [5.74, 6) is 1.26. The van der Waals surface area contributed by atoms with Crippen LogP contribution in [-0.2, 0) is 6.42 Å². The Kier molecular flexibility index (Phi) is 3.48. The van der Waals surface area contributed by atoms with Gasteiger partial charge in [-0.2, -0.15) is 5.10 Å². The van der Waals surface area contributed by atoms with E-state index in [1.54, 1.807) is 18.5 Å². The molecule has 5 heteroatoms. The number of fused-ring (bicyclic) bond motifs is 1. The van der Waals surface area contributed by atoms with Crippen LogP contribution in [-0.4, -0.2) is 25.5 Å². The molecule has 2 aromatic heterocycles. The predicted octanol–water partition coefficient (Wildman–Crippen LogP) is 3.23. The van der Waals surface area contributed by atoms with E-state index in [9.17, 15) is 4.79 Å². The highest BCUT2D eigenvalue weighted by Crippen LogP contribution is 2.37. The Morgan fingerprint density at radius 2 is 1.77 bits per heavy atom. The molecule has 0 radical (unpaired) electrons. The number of rotatable bonds is 2.